The Bertz CT molecular complexity index is 988. The SMILES string of the molecule is Nc1ncc(-c2cc([C@H]3[C@@H]4CN(C5COC5)C[C@@H]43)nc(N3CCC3)n2)cc1OC(F)F. The van der Waals surface area contributed by atoms with Crippen molar-refractivity contribution in [1.82, 2.24) is 19.9 Å². The summed E-state index contributed by atoms with van der Waals surface area (Å²) >= 11 is 0. The second-order valence-corrected chi connectivity index (χ2v) is 8.80. The number of anilines is 2. The molecule has 2 aromatic heterocycles. The van der Waals surface area contributed by atoms with E-state index in [1.165, 1.54) is 6.07 Å². The van der Waals surface area contributed by atoms with Gasteiger partial charge in [-0.1, -0.05) is 0 Å². The number of pyridine rings is 1. The molecular weight excluding hydrogens is 406 g/mol. The number of nitrogens with two attached hydrogens (primary N) is 1. The third-order valence-electron chi connectivity index (χ3n) is 6.97. The lowest BCUT2D eigenvalue weighted by Crippen LogP contribution is -2.48. The second-order valence-electron chi connectivity index (χ2n) is 8.80. The highest BCUT2D eigenvalue weighted by atomic mass is 19.3. The van der Waals surface area contributed by atoms with Crippen LogP contribution >= 0.6 is 0 Å². The number of hydrogen-bond acceptors (Lipinski definition) is 8. The number of fused-ring (bicyclic) bond motifs is 1. The molecule has 3 atom stereocenters. The van der Waals surface area contributed by atoms with Gasteiger partial charge < -0.3 is 20.1 Å². The monoisotopic (exact) mass is 430 g/mol. The molecule has 4 fully saturated rings. The topological polar surface area (TPSA) is 89.6 Å². The van der Waals surface area contributed by atoms with E-state index in [9.17, 15) is 8.78 Å². The van der Waals surface area contributed by atoms with Gasteiger partial charge >= 0.3 is 6.61 Å². The third-order valence-corrected chi connectivity index (χ3v) is 6.97. The molecule has 0 amide bonds. The summed E-state index contributed by atoms with van der Waals surface area (Å²) in [5.41, 5.74) is 7.98. The highest BCUT2D eigenvalue weighted by Crippen LogP contribution is 2.58. The largest absolute Gasteiger partial charge is 0.431 e. The van der Waals surface area contributed by atoms with Gasteiger partial charge in [-0.25, -0.2) is 15.0 Å². The predicted molar refractivity (Wildman–Crippen MR) is 109 cm³/mol. The maximum atomic E-state index is 12.7. The Morgan fingerprint density at radius 1 is 1.13 bits per heavy atom. The van der Waals surface area contributed by atoms with E-state index < -0.39 is 6.61 Å². The lowest BCUT2D eigenvalue weighted by Gasteiger charge is -2.36. The standard InChI is InChI=1S/C21H24F2N6O2/c22-20(23)31-17-4-11(6-25-19(17)24)15-5-16(27-21(26-15)28-2-1-3-28)18-13-7-29(8-14(13)18)12-9-30-10-12/h4-6,12-14,18,20H,1-3,7-10H2,(H2,24,25)/t13-,14+,18+. The van der Waals surface area contributed by atoms with Gasteiger partial charge in [0, 0.05) is 43.9 Å². The van der Waals surface area contributed by atoms with Crippen molar-refractivity contribution >= 4 is 11.8 Å². The summed E-state index contributed by atoms with van der Waals surface area (Å²) in [4.78, 5) is 18.3. The van der Waals surface area contributed by atoms with Gasteiger partial charge in [0.25, 0.3) is 0 Å². The summed E-state index contributed by atoms with van der Waals surface area (Å²) in [5, 5.41) is 0. The molecule has 3 aliphatic heterocycles. The van der Waals surface area contributed by atoms with Gasteiger partial charge in [0.05, 0.1) is 30.6 Å². The number of likely N-dealkylation sites (tertiary alicyclic amines) is 1. The van der Waals surface area contributed by atoms with Crippen LogP contribution in [0.25, 0.3) is 11.3 Å². The fourth-order valence-electron chi connectivity index (χ4n) is 4.94. The summed E-state index contributed by atoms with van der Waals surface area (Å²) in [6.45, 7) is 2.73. The van der Waals surface area contributed by atoms with Crippen molar-refractivity contribution < 1.29 is 18.3 Å². The molecule has 0 spiro atoms. The smallest absolute Gasteiger partial charge is 0.387 e. The minimum absolute atomic E-state index is 0.0712. The van der Waals surface area contributed by atoms with Gasteiger partial charge in [-0.2, -0.15) is 8.78 Å². The van der Waals surface area contributed by atoms with E-state index in [1.54, 1.807) is 6.20 Å². The Balaban J connectivity index is 1.30. The predicted octanol–water partition coefficient (Wildman–Crippen LogP) is 1.98. The van der Waals surface area contributed by atoms with E-state index in [4.69, 9.17) is 20.4 Å². The molecule has 3 saturated heterocycles. The van der Waals surface area contributed by atoms with Crippen LogP contribution in [-0.4, -0.2) is 71.9 Å². The Morgan fingerprint density at radius 2 is 1.90 bits per heavy atom. The number of rotatable bonds is 6. The maximum absolute atomic E-state index is 12.7. The molecular formula is C21H24F2N6O2. The van der Waals surface area contributed by atoms with Gasteiger partial charge in [-0.15, -0.1) is 0 Å². The van der Waals surface area contributed by atoms with Gasteiger partial charge in [-0.3, -0.25) is 4.90 Å². The molecule has 1 saturated carbocycles. The molecule has 10 heteroatoms. The fourth-order valence-corrected chi connectivity index (χ4v) is 4.94. The Hall–Kier alpha value is -2.59. The van der Waals surface area contributed by atoms with Crippen LogP contribution in [0, 0.1) is 11.8 Å². The van der Waals surface area contributed by atoms with E-state index in [1.807, 2.05) is 6.07 Å². The zero-order valence-corrected chi connectivity index (χ0v) is 17.0. The number of hydrogen-bond donors (Lipinski definition) is 1. The molecule has 8 nitrogen and oxygen atoms in total. The quantitative estimate of drug-likeness (QED) is 0.744. The van der Waals surface area contributed by atoms with Crippen molar-refractivity contribution in [2.75, 3.05) is 50.0 Å². The number of halogens is 2. The molecule has 31 heavy (non-hydrogen) atoms. The van der Waals surface area contributed by atoms with Crippen LogP contribution in [0.3, 0.4) is 0 Å². The maximum Gasteiger partial charge on any atom is 0.387 e. The molecule has 5 heterocycles. The average Bonchev–Trinajstić information content (AvgIpc) is 3.15. The normalized spacial score (nSPS) is 27.7. The van der Waals surface area contributed by atoms with E-state index in [0.29, 0.717) is 41.0 Å². The molecule has 0 aromatic carbocycles. The van der Waals surface area contributed by atoms with Gasteiger partial charge in [0.2, 0.25) is 5.95 Å². The summed E-state index contributed by atoms with van der Waals surface area (Å²) in [7, 11) is 0. The van der Waals surface area contributed by atoms with Crippen molar-refractivity contribution in [3.8, 4) is 17.0 Å². The molecule has 0 radical (unpaired) electrons. The molecule has 164 valence electrons. The van der Waals surface area contributed by atoms with E-state index in [2.05, 4.69) is 19.5 Å². The minimum atomic E-state index is -2.97. The van der Waals surface area contributed by atoms with Gasteiger partial charge in [0.1, 0.15) is 0 Å². The second kappa shape index (κ2) is 7.23. The molecule has 2 N–H and O–H groups in total. The molecule has 2 aromatic rings. The molecule has 0 bridgehead atoms. The molecule has 0 unspecified atom stereocenters. The van der Waals surface area contributed by atoms with Crippen LogP contribution < -0.4 is 15.4 Å². The first kappa shape index (κ1) is 19.1. The lowest BCUT2D eigenvalue weighted by molar-refractivity contribution is -0.0610. The van der Waals surface area contributed by atoms with Crippen LogP contribution in [0.4, 0.5) is 20.5 Å². The third kappa shape index (κ3) is 3.38. The summed E-state index contributed by atoms with van der Waals surface area (Å²) in [6.07, 6.45) is 2.66. The Morgan fingerprint density at radius 3 is 2.52 bits per heavy atom. The van der Waals surface area contributed by atoms with Crippen LogP contribution in [-0.2, 0) is 4.74 Å². The number of nitrogen functional groups attached to an aromatic ring is 1. The zero-order valence-electron chi connectivity index (χ0n) is 17.0. The summed E-state index contributed by atoms with van der Waals surface area (Å²) in [5.74, 6) is 2.11. The molecule has 6 rings (SSSR count). The van der Waals surface area contributed by atoms with Crippen molar-refractivity contribution in [1.29, 1.82) is 0 Å². The van der Waals surface area contributed by atoms with Crippen molar-refractivity contribution in [2.24, 2.45) is 11.8 Å². The van der Waals surface area contributed by atoms with E-state index >= 15 is 0 Å². The Kier molecular flexibility index (Phi) is 4.46. The minimum Gasteiger partial charge on any atom is -0.431 e. The number of ether oxygens (including phenoxy) is 2. The first-order valence-electron chi connectivity index (χ1n) is 10.7. The summed E-state index contributed by atoms with van der Waals surface area (Å²) in [6, 6.07) is 4.02. The highest BCUT2D eigenvalue weighted by molar-refractivity contribution is 5.65. The zero-order chi connectivity index (χ0) is 21.1. The number of nitrogens with zero attached hydrogens (tertiary/aromatic N) is 5. The lowest BCUT2D eigenvalue weighted by atomic mass is 10.1. The number of piperidine rings is 1. The first-order chi connectivity index (χ1) is 15.1. The van der Waals surface area contributed by atoms with Gasteiger partial charge in [0.15, 0.2) is 11.6 Å². The van der Waals surface area contributed by atoms with Crippen molar-refractivity contribution in [3.05, 3.63) is 24.0 Å². The van der Waals surface area contributed by atoms with E-state index in [-0.39, 0.29) is 11.6 Å². The van der Waals surface area contributed by atoms with Crippen molar-refractivity contribution in [3.63, 3.8) is 0 Å². The number of aromatic nitrogens is 3. The fraction of sp³-hybridized carbons (Fsp3) is 0.571. The van der Waals surface area contributed by atoms with Gasteiger partial charge in [-0.05, 0) is 30.4 Å². The average molecular weight is 430 g/mol. The number of alkyl halides is 2. The first-order valence-corrected chi connectivity index (χ1v) is 10.7. The summed E-state index contributed by atoms with van der Waals surface area (Å²) < 4.78 is 35.3. The van der Waals surface area contributed by atoms with Crippen LogP contribution in [0.5, 0.6) is 5.75 Å². The molecule has 1 aliphatic carbocycles. The van der Waals surface area contributed by atoms with Crippen LogP contribution in [0.15, 0.2) is 18.3 Å². The highest BCUT2D eigenvalue weighted by Gasteiger charge is 2.58. The molecule has 4 aliphatic rings. The van der Waals surface area contributed by atoms with Crippen LogP contribution in [0.2, 0.25) is 0 Å². The Labute approximate surface area is 178 Å². The van der Waals surface area contributed by atoms with Crippen molar-refractivity contribution in [2.45, 2.75) is 25.0 Å². The van der Waals surface area contributed by atoms with E-state index in [0.717, 1.165) is 51.5 Å². The van der Waals surface area contributed by atoms with Crippen LogP contribution in [0.1, 0.15) is 18.0 Å².